The fourth-order valence-electron chi connectivity index (χ4n) is 2.73. The lowest BCUT2D eigenvalue weighted by Gasteiger charge is -2.23. The quantitative estimate of drug-likeness (QED) is 0.801. The summed E-state index contributed by atoms with van der Waals surface area (Å²) in [5, 5.41) is 0.367. The van der Waals surface area contributed by atoms with Crippen LogP contribution in [0.25, 0.3) is 0 Å². The number of hydrogen-bond acceptors (Lipinski definition) is 3. The largest absolute Gasteiger partial charge is 0.359 e. The molecule has 1 amide bonds. The van der Waals surface area contributed by atoms with Crippen molar-refractivity contribution in [3.8, 4) is 0 Å². The monoisotopic (exact) mass is 295 g/mol. The van der Waals surface area contributed by atoms with Crippen LogP contribution in [0.3, 0.4) is 0 Å². The third kappa shape index (κ3) is 3.63. The molecule has 0 spiro atoms. The zero-order valence-corrected chi connectivity index (χ0v) is 13.2. The van der Waals surface area contributed by atoms with E-state index >= 15 is 0 Å². The van der Waals surface area contributed by atoms with Gasteiger partial charge in [-0.1, -0.05) is 24.4 Å². The molecule has 0 N–H and O–H groups in total. The first-order chi connectivity index (χ1) is 9.47. The van der Waals surface area contributed by atoms with Crippen LogP contribution in [-0.2, 0) is 0 Å². The van der Waals surface area contributed by atoms with E-state index < -0.39 is 0 Å². The Bertz CT molecular complexity index is 484. The number of halogens is 1. The van der Waals surface area contributed by atoms with E-state index in [9.17, 15) is 4.79 Å². The summed E-state index contributed by atoms with van der Waals surface area (Å²) in [5.74, 6) is 1.45. The number of carbonyl (C=O) groups is 1. The average molecular weight is 296 g/mol. The Morgan fingerprint density at radius 2 is 1.95 bits per heavy atom. The van der Waals surface area contributed by atoms with Gasteiger partial charge in [0.05, 0.1) is 0 Å². The highest BCUT2D eigenvalue weighted by Crippen LogP contribution is 2.27. The van der Waals surface area contributed by atoms with Crippen molar-refractivity contribution in [3.05, 3.63) is 22.8 Å². The van der Waals surface area contributed by atoms with Gasteiger partial charge in [0.2, 0.25) is 0 Å². The lowest BCUT2D eigenvalue weighted by atomic mass is 10.1. The smallest absolute Gasteiger partial charge is 0.253 e. The van der Waals surface area contributed by atoms with E-state index in [0.29, 0.717) is 10.7 Å². The normalized spacial score (nSPS) is 15.4. The highest BCUT2D eigenvalue weighted by molar-refractivity contribution is 6.29. The fraction of sp³-hybridized carbons (Fsp3) is 0.600. The minimum Gasteiger partial charge on any atom is -0.359 e. The summed E-state index contributed by atoms with van der Waals surface area (Å²) in [6, 6.07) is 3.44. The van der Waals surface area contributed by atoms with Crippen molar-refractivity contribution >= 4 is 23.3 Å². The molecule has 1 aliphatic carbocycles. The number of rotatable bonds is 4. The predicted molar refractivity (Wildman–Crippen MR) is 82.5 cm³/mol. The van der Waals surface area contributed by atoms with Crippen molar-refractivity contribution in [1.82, 2.24) is 9.88 Å². The van der Waals surface area contributed by atoms with E-state index in [0.717, 1.165) is 18.3 Å². The Balaban J connectivity index is 2.16. The number of amides is 1. The Kier molecular flexibility index (Phi) is 4.86. The fourth-order valence-corrected chi connectivity index (χ4v) is 2.94. The molecule has 0 aliphatic heterocycles. The van der Waals surface area contributed by atoms with Gasteiger partial charge in [-0.25, -0.2) is 4.98 Å². The van der Waals surface area contributed by atoms with E-state index in [1.165, 1.54) is 25.7 Å². The molecule has 1 aliphatic rings. The van der Waals surface area contributed by atoms with Gasteiger partial charge in [-0.2, -0.15) is 0 Å². The maximum atomic E-state index is 12.0. The third-order valence-corrected chi connectivity index (χ3v) is 4.03. The number of aromatic nitrogens is 1. The molecule has 0 bridgehead atoms. The Hall–Kier alpha value is -1.29. The molecular weight excluding hydrogens is 274 g/mol. The van der Waals surface area contributed by atoms with Gasteiger partial charge in [-0.3, -0.25) is 4.79 Å². The first-order valence-corrected chi connectivity index (χ1v) is 7.45. The van der Waals surface area contributed by atoms with Gasteiger partial charge in [-0.15, -0.1) is 0 Å². The topological polar surface area (TPSA) is 36.4 Å². The van der Waals surface area contributed by atoms with E-state index in [2.05, 4.69) is 9.88 Å². The molecule has 110 valence electrons. The minimum absolute atomic E-state index is 0.0511. The van der Waals surface area contributed by atoms with Crippen LogP contribution in [0.4, 0.5) is 5.82 Å². The molecule has 1 aromatic heterocycles. The van der Waals surface area contributed by atoms with Crippen LogP contribution in [0.15, 0.2) is 12.1 Å². The SMILES string of the molecule is CN(C)C(=O)c1cc(Cl)nc(N(C)CC2CCCC2)c1. The first kappa shape index (κ1) is 15.1. The van der Waals surface area contributed by atoms with Gasteiger partial charge in [0.15, 0.2) is 0 Å². The molecule has 5 heteroatoms. The van der Waals surface area contributed by atoms with Crippen LogP contribution in [0.2, 0.25) is 5.15 Å². The number of hydrogen-bond donors (Lipinski definition) is 0. The van der Waals surface area contributed by atoms with Crippen LogP contribution in [0, 0.1) is 5.92 Å². The van der Waals surface area contributed by atoms with Crippen LogP contribution in [0.1, 0.15) is 36.0 Å². The summed E-state index contributed by atoms with van der Waals surface area (Å²) in [6.07, 6.45) is 5.22. The van der Waals surface area contributed by atoms with E-state index in [4.69, 9.17) is 11.6 Å². The molecule has 0 atom stereocenters. The maximum Gasteiger partial charge on any atom is 0.253 e. The van der Waals surface area contributed by atoms with Gasteiger partial charge in [0, 0.05) is 33.3 Å². The number of anilines is 1. The summed E-state index contributed by atoms with van der Waals surface area (Å²) < 4.78 is 0. The van der Waals surface area contributed by atoms with Gasteiger partial charge in [-0.05, 0) is 30.9 Å². The van der Waals surface area contributed by atoms with Crippen molar-refractivity contribution in [1.29, 1.82) is 0 Å². The zero-order valence-electron chi connectivity index (χ0n) is 12.4. The van der Waals surface area contributed by atoms with Crippen LogP contribution in [0.5, 0.6) is 0 Å². The van der Waals surface area contributed by atoms with Gasteiger partial charge < -0.3 is 9.80 Å². The van der Waals surface area contributed by atoms with Crippen molar-refractivity contribution in [2.75, 3.05) is 32.6 Å². The van der Waals surface area contributed by atoms with Gasteiger partial charge >= 0.3 is 0 Å². The number of nitrogens with zero attached hydrogens (tertiary/aromatic N) is 3. The summed E-state index contributed by atoms with van der Waals surface area (Å²) >= 11 is 6.05. The van der Waals surface area contributed by atoms with Crippen LogP contribution < -0.4 is 4.90 Å². The van der Waals surface area contributed by atoms with Crippen LogP contribution >= 0.6 is 11.6 Å². The molecule has 1 heterocycles. The minimum atomic E-state index is -0.0511. The molecule has 20 heavy (non-hydrogen) atoms. The van der Waals surface area contributed by atoms with Crippen molar-refractivity contribution in [2.24, 2.45) is 5.92 Å². The second-order valence-corrected chi connectivity index (χ2v) is 6.15. The zero-order chi connectivity index (χ0) is 14.7. The molecule has 0 unspecified atom stereocenters. The van der Waals surface area contributed by atoms with E-state index in [1.54, 1.807) is 25.1 Å². The van der Waals surface area contributed by atoms with Crippen molar-refractivity contribution < 1.29 is 4.79 Å². The average Bonchev–Trinajstić information content (AvgIpc) is 2.89. The lowest BCUT2D eigenvalue weighted by Crippen LogP contribution is -2.26. The summed E-state index contributed by atoms with van der Waals surface area (Å²) in [4.78, 5) is 20.0. The summed E-state index contributed by atoms with van der Waals surface area (Å²) in [5.41, 5.74) is 0.586. The van der Waals surface area contributed by atoms with Gasteiger partial charge in [0.1, 0.15) is 11.0 Å². The molecule has 0 aromatic carbocycles. The summed E-state index contributed by atoms with van der Waals surface area (Å²) in [7, 11) is 5.48. The predicted octanol–water partition coefficient (Wildman–Crippen LogP) is 3.06. The van der Waals surface area contributed by atoms with Crippen molar-refractivity contribution in [3.63, 3.8) is 0 Å². The highest BCUT2D eigenvalue weighted by Gasteiger charge is 2.19. The van der Waals surface area contributed by atoms with E-state index in [1.807, 2.05) is 13.1 Å². The highest BCUT2D eigenvalue weighted by atomic mass is 35.5. The van der Waals surface area contributed by atoms with Gasteiger partial charge in [0.25, 0.3) is 5.91 Å². The molecular formula is C15H22ClN3O. The second-order valence-electron chi connectivity index (χ2n) is 5.77. The Labute approximate surface area is 125 Å². The Morgan fingerprint density at radius 1 is 1.30 bits per heavy atom. The number of carbonyl (C=O) groups excluding carboxylic acids is 1. The molecule has 1 saturated carbocycles. The molecule has 0 saturated heterocycles. The van der Waals surface area contributed by atoms with Crippen molar-refractivity contribution in [2.45, 2.75) is 25.7 Å². The maximum absolute atomic E-state index is 12.0. The number of pyridine rings is 1. The lowest BCUT2D eigenvalue weighted by molar-refractivity contribution is 0.0827. The third-order valence-electron chi connectivity index (χ3n) is 3.83. The first-order valence-electron chi connectivity index (χ1n) is 7.07. The molecule has 2 rings (SSSR count). The summed E-state index contributed by atoms with van der Waals surface area (Å²) in [6.45, 7) is 0.975. The molecule has 4 nitrogen and oxygen atoms in total. The Morgan fingerprint density at radius 3 is 2.55 bits per heavy atom. The van der Waals surface area contributed by atoms with Crippen LogP contribution in [-0.4, -0.2) is 43.5 Å². The molecule has 1 aromatic rings. The second kappa shape index (κ2) is 6.44. The molecule has 1 fully saturated rings. The molecule has 0 radical (unpaired) electrons. The van der Waals surface area contributed by atoms with E-state index in [-0.39, 0.29) is 5.91 Å². The standard InChI is InChI=1S/C15H22ClN3O/c1-18(2)15(20)12-8-13(16)17-14(9-12)19(3)10-11-6-4-5-7-11/h8-9,11H,4-7,10H2,1-3H3.